The number of halogens is 1. The first kappa shape index (κ1) is 14.8. The molecule has 1 amide bonds. The van der Waals surface area contributed by atoms with E-state index in [1.54, 1.807) is 0 Å². The molecule has 1 atom stereocenters. The molecule has 1 aromatic rings. The summed E-state index contributed by atoms with van der Waals surface area (Å²) in [5.41, 5.74) is 0.241. The third kappa shape index (κ3) is 3.10. The summed E-state index contributed by atoms with van der Waals surface area (Å²) < 4.78 is 0. The molecular weight excluding hydrogens is 280 g/mol. The first-order chi connectivity index (χ1) is 9.52. The molecule has 1 heterocycles. The van der Waals surface area contributed by atoms with Crippen molar-refractivity contribution < 1.29 is 9.72 Å². The van der Waals surface area contributed by atoms with Crippen LogP contribution in [0, 0.1) is 16.0 Å². The number of hydrogen-bond acceptors (Lipinski definition) is 3. The van der Waals surface area contributed by atoms with Gasteiger partial charge in [-0.25, -0.2) is 0 Å². The van der Waals surface area contributed by atoms with Crippen molar-refractivity contribution in [3.63, 3.8) is 0 Å². The number of piperidine rings is 1. The van der Waals surface area contributed by atoms with Crippen molar-refractivity contribution in [1.82, 2.24) is 4.90 Å². The topological polar surface area (TPSA) is 63.5 Å². The van der Waals surface area contributed by atoms with Gasteiger partial charge >= 0.3 is 0 Å². The summed E-state index contributed by atoms with van der Waals surface area (Å²) in [7, 11) is 0. The fraction of sp³-hybridized carbons (Fsp3) is 0.500. The number of amides is 1. The van der Waals surface area contributed by atoms with Crippen LogP contribution in [-0.2, 0) is 0 Å². The molecule has 1 aliphatic rings. The van der Waals surface area contributed by atoms with Gasteiger partial charge in [0.05, 0.1) is 4.92 Å². The minimum Gasteiger partial charge on any atom is -0.338 e. The van der Waals surface area contributed by atoms with Crippen LogP contribution in [-0.4, -0.2) is 28.8 Å². The largest absolute Gasteiger partial charge is 0.338 e. The normalized spacial score (nSPS) is 18.9. The van der Waals surface area contributed by atoms with Crippen molar-refractivity contribution in [3.8, 4) is 0 Å². The molecule has 0 N–H and O–H groups in total. The van der Waals surface area contributed by atoms with Gasteiger partial charge in [-0.15, -0.1) is 0 Å². The summed E-state index contributed by atoms with van der Waals surface area (Å²) in [5, 5.41) is 10.7. The van der Waals surface area contributed by atoms with Crippen LogP contribution in [0.5, 0.6) is 0 Å². The third-order valence-electron chi connectivity index (χ3n) is 3.77. The van der Waals surface area contributed by atoms with Gasteiger partial charge in [-0.05, 0) is 30.9 Å². The highest BCUT2D eigenvalue weighted by Gasteiger charge is 2.24. The zero-order valence-electron chi connectivity index (χ0n) is 11.3. The van der Waals surface area contributed by atoms with Crippen LogP contribution < -0.4 is 0 Å². The Morgan fingerprint density at radius 3 is 2.90 bits per heavy atom. The number of rotatable bonds is 3. The Morgan fingerprint density at radius 1 is 1.55 bits per heavy atom. The van der Waals surface area contributed by atoms with E-state index in [1.807, 2.05) is 4.90 Å². The van der Waals surface area contributed by atoms with E-state index in [2.05, 4.69) is 6.92 Å². The lowest BCUT2D eigenvalue weighted by Crippen LogP contribution is -2.39. The van der Waals surface area contributed by atoms with Gasteiger partial charge in [0.1, 0.15) is 5.02 Å². The van der Waals surface area contributed by atoms with Gasteiger partial charge in [0, 0.05) is 24.7 Å². The van der Waals surface area contributed by atoms with Crippen LogP contribution in [0.25, 0.3) is 0 Å². The predicted molar refractivity (Wildman–Crippen MR) is 77.0 cm³/mol. The molecule has 0 radical (unpaired) electrons. The number of nitro benzene ring substituents is 1. The summed E-state index contributed by atoms with van der Waals surface area (Å²) in [4.78, 5) is 24.4. The van der Waals surface area contributed by atoms with E-state index in [1.165, 1.54) is 18.2 Å². The van der Waals surface area contributed by atoms with Gasteiger partial charge in [-0.2, -0.15) is 0 Å². The van der Waals surface area contributed by atoms with Gasteiger partial charge in [0.15, 0.2) is 0 Å². The van der Waals surface area contributed by atoms with E-state index in [0.29, 0.717) is 11.5 Å². The van der Waals surface area contributed by atoms with Gasteiger partial charge in [0.2, 0.25) is 0 Å². The molecule has 1 fully saturated rings. The van der Waals surface area contributed by atoms with E-state index in [9.17, 15) is 14.9 Å². The second-order valence-electron chi connectivity index (χ2n) is 5.09. The third-order valence-corrected chi connectivity index (χ3v) is 4.08. The second kappa shape index (κ2) is 6.22. The summed E-state index contributed by atoms with van der Waals surface area (Å²) in [6.45, 7) is 3.62. The quantitative estimate of drug-likeness (QED) is 0.633. The number of carbonyl (C=O) groups is 1. The molecule has 1 unspecified atom stereocenters. The standard InChI is InChI=1S/C14H17ClN2O3/c1-2-10-4-3-7-16(9-10)14(18)11-5-6-13(17(19)20)12(15)8-11/h5-6,8,10H,2-4,7,9H2,1H3. The van der Waals surface area contributed by atoms with Crippen LogP contribution in [0.15, 0.2) is 18.2 Å². The molecule has 5 nitrogen and oxygen atoms in total. The first-order valence-electron chi connectivity index (χ1n) is 6.76. The number of nitrogens with zero attached hydrogens (tertiary/aromatic N) is 2. The highest BCUT2D eigenvalue weighted by Crippen LogP contribution is 2.27. The van der Waals surface area contributed by atoms with E-state index in [-0.39, 0.29) is 16.6 Å². The maximum atomic E-state index is 12.4. The monoisotopic (exact) mass is 296 g/mol. The van der Waals surface area contributed by atoms with E-state index < -0.39 is 4.92 Å². The zero-order valence-corrected chi connectivity index (χ0v) is 12.1. The molecule has 20 heavy (non-hydrogen) atoms. The minimum absolute atomic E-state index is 0.00454. The number of benzene rings is 1. The Hall–Kier alpha value is -1.62. The van der Waals surface area contributed by atoms with Crippen LogP contribution in [0.2, 0.25) is 5.02 Å². The molecule has 0 bridgehead atoms. The molecule has 0 saturated carbocycles. The lowest BCUT2D eigenvalue weighted by Gasteiger charge is -2.32. The Bertz CT molecular complexity index is 533. The van der Waals surface area contributed by atoms with E-state index in [0.717, 1.165) is 32.4 Å². The van der Waals surface area contributed by atoms with Gasteiger partial charge < -0.3 is 4.90 Å². The highest BCUT2D eigenvalue weighted by atomic mass is 35.5. The van der Waals surface area contributed by atoms with Crippen LogP contribution in [0.1, 0.15) is 36.5 Å². The van der Waals surface area contributed by atoms with Gasteiger partial charge in [-0.3, -0.25) is 14.9 Å². The van der Waals surface area contributed by atoms with Crippen LogP contribution in [0.4, 0.5) is 5.69 Å². The Labute approximate surface area is 122 Å². The maximum absolute atomic E-state index is 12.4. The molecule has 0 aliphatic carbocycles. The van der Waals surface area contributed by atoms with Gasteiger partial charge in [0.25, 0.3) is 11.6 Å². The Kier molecular flexibility index (Phi) is 4.60. The Balaban J connectivity index is 2.17. The van der Waals surface area contributed by atoms with Crippen molar-refractivity contribution in [2.75, 3.05) is 13.1 Å². The van der Waals surface area contributed by atoms with E-state index in [4.69, 9.17) is 11.6 Å². The smallest absolute Gasteiger partial charge is 0.287 e. The molecule has 0 aromatic heterocycles. The maximum Gasteiger partial charge on any atom is 0.287 e. The molecule has 1 aliphatic heterocycles. The molecule has 108 valence electrons. The molecule has 2 rings (SSSR count). The van der Waals surface area contributed by atoms with Crippen LogP contribution >= 0.6 is 11.6 Å². The van der Waals surface area contributed by atoms with Crippen molar-refractivity contribution >= 4 is 23.2 Å². The van der Waals surface area contributed by atoms with Crippen LogP contribution in [0.3, 0.4) is 0 Å². The fourth-order valence-electron chi connectivity index (χ4n) is 2.55. The van der Waals surface area contributed by atoms with Gasteiger partial charge in [-0.1, -0.05) is 24.9 Å². The summed E-state index contributed by atoms with van der Waals surface area (Å²) in [5.74, 6) is 0.446. The average molecular weight is 297 g/mol. The number of hydrogen-bond donors (Lipinski definition) is 0. The van der Waals surface area contributed by atoms with Crippen molar-refractivity contribution in [1.29, 1.82) is 0 Å². The SMILES string of the molecule is CCC1CCCN(C(=O)c2ccc([N+](=O)[O-])c(Cl)c2)C1. The van der Waals surface area contributed by atoms with E-state index >= 15 is 0 Å². The number of nitro groups is 1. The fourth-order valence-corrected chi connectivity index (χ4v) is 2.80. The predicted octanol–water partition coefficient (Wildman–Crippen LogP) is 3.51. The van der Waals surface area contributed by atoms with Crippen molar-refractivity contribution in [3.05, 3.63) is 38.9 Å². The molecular formula is C14H17ClN2O3. The van der Waals surface area contributed by atoms with Crippen molar-refractivity contribution in [2.24, 2.45) is 5.92 Å². The second-order valence-corrected chi connectivity index (χ2v) is 5.50. The molecule has 1 saturated heterocycles. The van der Waals surface area contributed by atoms with Crippen molar-refractivity contribution in [2.45, 2.75) is 26.2 Å². The zero-order chi connectivity index (χ0) is 14.7. The number of likely N-dealkylation sites (tertiary alicyclic amines) is 1. The first-order valence-corrected chi connectivity index (χ1v) is 7.14. The minimum atomic E-state index is -0.551. The summed E-state index contributed by atoms with van der Waals surface area (Å²) in [6.07, 6.45) is 3.22. The lowest BCUT2D eigenvalue weighted by atomic mass is 9.95. The molecule has 0 spiro atoms. The highest BCUT2D eigenvalue weighted by molar-refractivity contribution is 6.33. The average Bonchev–Trinajstić information content (AvgIpc) is 2.46. The summed E-state index contributed by atoms with van der Waals surface area (Å²) >= 11 is 5.85. The lowest BCUT2D eigenvalue weighted by molar-refractivity contribution is -0.384. The number of carbonyl (C=O) groups excluding carboxylic acids is 1. The summed E-state index contributed by atoms with van der Waals surface area (Å²) in [6, 6.07) is 4.15. The molecule has 6 heteroatoms. The Morgan fingerprint density at radius 2 is 2.30 bits per heavy atom. The molecule has 1 aromatic carbocycles.